The van der Waals surface area contributed by atoms with Gasteiger partial charge in [0.2, 0.25) is 29.5 Å². The predicted molar refractivity (Wildman–Crippen MR) is 292 cm³/mol. The van der Waals surface area contributed by atoms with Gasteiger partial charge in [-0.2, -0.15) is 0 Å². The van der Waals surface area contributed by atoms with E-state index >= 15 is 4.39 Å². The number of anilines is 1. The van der Waals surface area contributed by atoms with Crippen LogP contribution in [0.1, 0.15) is 129 Å². The average molecular weight is 1130 g/mol. The van der Waals surface area contributed by atoms with Crippen LogP contribution in [0.3, 0.4) is 0 Å². The SMILES string of the molecule is CC[C@@]1(O)C(=O)OCc2c1cc1n(c2=O)Cc2c-1nc1cc(F)c(C)c3c1c2[C@@H](NC(=O)OCc1ccc(NC(=O)[C@H](CCCCN)NC(=O)[C@H](C)NC(=O)CCOCCOCCN2C(=O)CC(SC4CCCC4)C2=O)cc1)CC3. The molecule has 9 rings (SSSR count). The zero-order chi connectivity index (χ0) is 56.8. The van der Waals surface area contributed by atoms with E-state index in [1.807, 2.05) is 0 Å². The Balaban J connectivity index is 0.739. The molecular weight excluding hydrogens is 1060 g/mol. The van der Waals surface area contributed by atoms with E-state index in [0.29, 0.717) is 87.7 Å². The molecule has 6 amide bonds. The van der Waals surface area contributed by atoms with Gasteiger partial charge in [0.25, 0.3) is 5.56 Å². The van der Waals surface area contributed by atoms with E-state index in [9.17, 15) is 43.5 Å². The van der Waals surface area contributed by atoms with Crippen molar-refractivity contribution in [1.29, 1.82) is 0 Å². The molecule has 7 N–H and O–H groups in total. The Morgan fingerprint density at radius 1 is 0.963 bits per heavy atom. The summed E-state index contributed by atoms with van der Waals surface area (Å²) in [5, 5.41) is 23.4. The van der Waals surface area contributed by atoms with Crippen LogP contribution in [-0.4, -0.2) is 123 Å². The molecule has 2 aliphatic carbocycles. The fourth-order valence-electron chi connectivity index (χ4n) is 11.3. The third-order valence-corrected chi connectivity index (χ3v) is 17.3. The summed E-state index contributed by atoms with van der Waals surface area (Å²) in [6.07, 6.45) is 6.19. The maximum atomic E-state index is 15.4. The number of rotatable bonds is 24. The van der Waals surface area contributed by atoms with Crippen molar-refractivity contribution in [2.75, 3.05) is 44.8 Å². The molecule has 2 fully saturated rings. The smallest absolute Gasteiger partial charge is 0.407 e. The second-order valence-corrected chi connectivity index (χ2v) is 22.5. The largest absolute Gasteiger partial charge is 0.458 e. The van der Waals surface area contributed by atoms with E-state index in [4.69, 9.17) is 29.7 Å². The summed E-state index contributed by atoms with van der Waals surface area (Å²) in [6.45, 7) is 5.65. The van der Waals surface area contributed by atoms with E-state index in [-0.39, 0.29) is 107 Å². The number of hydrogen-bond acceptors (Lipinski definition) is 16. The maximum absolute atomic E-state index is 15.4. The molecule has 2 aromatic heterocycles. The van der Waals surface area contributed by atoms with E-state index in [1.54, 1.807) is 55.9 Å². The molecule has 1 saturated carbocycles. The minimum absolute atomic E-state index is 0.0335. The molecule has 5 aliphatic rings. The molecule has 21 nitrogen and oxygen atoms in total. The highest BCUT2D eigenvalue weighted by Gasteiger charge is 2.46. The van der Waals surface area contributed by atoms with Crippen LogP contribution in [-0.2, 0) is 79.5 Å². The summed E-state index contributed by atoms with van der Waals surface area (Å²) in [5.41, 5.74) is 8.15. The van der Waals surface area contributed by atoms with Gasteiger partial charge in [0.05, 0.1) is 73.3 Å². The summed E-state index contributed by atoms with van der Waals surface area (Å²) < 4.78 is 39.0. The van der Waals surface area contributed by atoms with Crippen molar-refractivity contribution in [1.82, 2.24) is 30.4 Å². The van der Waals surface area contributed by atoms with Gasteiger partial charge in [-0.1, -0.05) is 31.9 Å². The Labute approximate surface area is 465 Å². The monoisotopic (exact) mass is 1120 g/mol. The van der Waals surface area contributed by atoms with Crippen LogP contribution in [0.5, 0.6) is 0 Å². The number of cyclic esters (lactones) is 1. The average Bonchev–Trinajstić information content (AvgIpc) is 4.35. The van der Waals surface area contributed by atoms with Gasteiger partial charge in [0.1, 0.15) is 31.1 Å². The third-order valence-electron chi connectivity index (χ3n) is 15.8. The van der Waals surface area contributed by atoms with Crippen LogP contribution >= 0.6 is 11.8 Å². The number of benzene rings is 2. The highest BCUT2D eigenvalue weighted by Crippen LogP contribution is 2.46. The topological polar surface area (TPSA) is 289 Å². The first-order chi connectivity index (χ1) is 38.5. The number of nitrogens with one attached hydrogen (secondary N) is 4. The lowest BCUT2D eigenvalue weighted by atomic mass is 9.81. The molecule has 4 aromatic rings. The number of unbranched alkanes of at least 4 members (excludes halogenated alkanes) is 1. The molecule has 23 heteroatoms. The Morgan fingerprint density at radius 2 is 1.71 bits per heavy atom. The van der Waals surface area contributed by atoms with Gasteiger partial charge in [-0.15, -0.1) is 11.8 Å². The van der Waals surface area contributed by atoms with E-state index in [1.165, 1.54) is 35.3 Å². The number of likely N-dealkylation sites (tertiary alicyclic amines) is 1. The number of nitrogens with zero attached hydrogens (tertiary/aromatic N) is 3. The maximum Gasteiger partial charge on any atom is 0.407 e. The fourth-order valence-corrected chi connectivity index (χ4v) is 12.8. The molecule has 0 radical (unpaired) electrons. The number of aryl methyl sites for hydroxylation is 1. The highest BCUT2D eigenvalue weighted by molar-refractivity contribution is 8.01. The molecule has 1 unspecified atom stereocenters. The summed E-state index contributed by atoms with van der Waals surface area (Å²) >= 11 is 1.63. The van der Waals surface area contributed by atoms with Crippen molar-refractivity contribution in [3.8, 4) is 11.4 Å². The molecule has 0 spiro atoms. The number of carbonyl (C=O) groups excluding carboxylic acids is 7. The number of aromatic nitrogens is 2. The Bertz CT molecular complexity index is 3130. The number of carbonyl (C=O) groups is 7. The Hall–Kier alpha value is -6.79. The van der Waals surface area contributed by atoms with Crippen molar-refractivity contribution in [3.05, 3.63) is 91.5 Å². The van der Waals surface area contributed by atoms with Gasteiger partial charge < -0.3 is 55.6 Å². The van der Waals surface area contributed by atoms with Gasteiger partial charge >= 0.3 is 12.1 Å². The lowest BCUT2D eigenvalue weighted by molar-refractivity contribution is -0.172. The van der Waals surface area contributed by atoms with Crippen molar-refractivity contribution in [2.45, 2.75) is 152 Å². The molecule has 80 heavy (non-hydrogen) atoms. The predicted octanol–water partition coefficient (Wildman–Crippen LogP) is 4.72. The van der Waals surface area contributed by atoms with Gasteiger partial charge in [0.15, 0.2) is 5.60 Å². The molecule has 5 atom stereocenters. The van der Waals surface area contributed by atoms with Gasteiger partial charge in [-0.05, 0) is 112 Å². The zero-order valence-electron chi connectivity index (χ0n) is 45.3. The number of nitrogens with two attached hydrogens (primary N) is 1. The quantitative estimate of drug-likeness (QED) is 0.0277. The van der Waals surface area contributed by atoms with Gasteiger partial charge in [0, 0.05) is 46.4 Å². The van der Waals surface area contributed by atoms with Crippen molar-refractivity contribution in [3.63, 3.8) is 0 Å². The fraction of sp³-hybridized carbons (Fsp3) is 0.526. The summed E-state index contributed by atoms with van der Waals surface area (Å²) in [4.78, 5) is 111. The van der Waals surface area contributed by atoms with Gasteiger partial charge in [-0.25, -0.2) is 19.0 Å². The number of imide groups is 1. The molecular formula is C57H69FN8O13S. The van der Waals surface area contributed by atoms with Crippen LogP contribution in [0.25, 0.3) is 22.3 Å². The summed E-state index contributed by atoms with van der Waals surface area (Å²) in [5.74, 6) is -3.11. The first-order valence-corrected chi connectivity index (χ1v) is 28.5. The molecule has 3 aliphatic heterocycles. The molecule has 5 heterocycles. The number of hydrogen-bond donors (Lipinski definition) is 6. The molecule has 2 aromatic carbocycles. The number of amides is 6. The Kier molecular flexibility index (Phi) is 18.3. The van der Waals surface area contributed by atoms with Crippen LogP contribution < -0.4 is 32.6 Å². The van der Waals surface area contributed by atoms with E-state index in [2.05, 4.69) is 21.3 Å². The van der Waals surface area contributed by atoms with Crippen LogP contribution in [0.4, 0.5) is 14.9 Å². The van der Waals surface area contributed by atoms with E-state index in [0.717, 1.165) is 18.4 Å². The number of halogens is 1. The van der Waals surface area contributed by atoms with Gasteiger partial charge in [-0.3, -0.25) is 33.7 Å². The molecule has 0 bridgehead atoms. The first-order valence-electron chi connectivity index (χ1n) is 27.6. The lowest BCUT2D eigenvalue weighted by Crippen LogP contribution is -2.51. The molecule has 428 valence electrons. The van der Waals surface area contributed by atoms with E-state index < -0.39 is 64.9 Å². The van der Waals surface area contributed by atoms with Crippen LogP contribution in [0.15, 0.2) is 41.2 Å². The highest BCUT2D eigenvalue weighted by atomic mass is 32.2. The van der Waals surface area contributed by atoms with Crippen molar-refractivity contribution >= 4 is 70.0 Å². The second-order valence-electron chi connectivity index (χ2n) is 21.0. The number of fused-ring (bicyclic) bond motifs is 5. The first kappa shape index (κ1) is 57.9. The lowest BCUT2D eigenvalue weighted by Gasteiger charge is -2.31. The summed E-state index contributed by atoms with van der Waals surface area (Å²) in [6, 6.07) is 6.98. The van der Waals surface area contributed by atoms with Crippen molar-refractivity contribution in [2.24, 2.45) is 5.73 Å². The van der Waals surface area contributed by atoms with Crippen LogP contribution in [0, 0.1) is 12.7 Å². The minimum atomic E-state index is -2.04. The normalized spacial score (nSPS) is 20.0. The number of pyridine rings is 2. The number of ether oxygens (including phenoxy) is 4. The number of thioether (sulfide) groups is 1. The second kappa shape index (κ2) is 25.3. The number of alkyl carbamates (subject to hydrolysis) is 1. The third kappa shape index (κ3) is 12.4. The molecule has 1 saturated heterocycles. The summed E-state index contributed by atoms with van der Waals surface area (Å²) in [7, 11) is 0. The number of esters is 1. The minimum Gasteiger partial charge on any atom is -0.458 e. The van der Waals surface area contributed by atoms with Crippen molar-refractivity contribution < 1.29 is 62.0 Å². The zero-order valence-corrected chi connectivity index (χ0v) is 46.1. The standard InChI is InChI=1S/C57H69FN8O13S/c1-4-57(75)39-25-44-50-37(28-66(44)53(71)38(39)30-78-55(57)73)49-41(17-16-36-31(2)40(58)26-43(62-50)48(36)49)64-56(74)79-29-33-12-14-34(15-13-33)61-52(70)42(11-7-8-19-59)63-51(69)32(3)60-46(67)18-21-76-23-24-77-22-20-65-47(68)27-45(54(65)72)80-35-9-5-6-10-35/h12-15,25-26,32,35,41-42,45,75H,4-11,16-24,27-30,59H2,1-3H3,(H,60,67)(H,61,70)(H,63,69)(H,64,74)/t32-,41-,42-,45?,57-/m0/s1. The van der Waals surface area contributed by atoms with Crippen LogP contribution in [0.2, 0.25) is 0 Å². The Morgan fingerprint density at radius 3 is 2.45 bits per heavy atom. The number of aliphatic hydroxyl groups is 1.